The lowest BCUT2D eigenvalue weighted by molar-refractivity contribution is -0.125. The van der Waals surface area contributed by atoms with E-state index in [-0.39, 0.29) is 12.2 Å². The van der Waals surface area contributed by atoms with Crippen molar-refractivity contribution in [3.8, 4) is 0 Å². The number of ketones is 1. The Labute approximate surface area is 79.3 Å². The lowest BCUT2D eigenvalue weighted by atomic mass is 9.85. The Balaban J connectivity index is 4.41. The van der Waals surface area contributed by atoms with E-state index in [9.17, 15) is 9.59 Å². The Morgan fingerprint density at radius 3 is 2.31 bits per heavy atom. The zero-order valence-corrected chi connectivity index (χ0v) is 8.46. The molecule has 0 aliphatic rings. The maximum absolute atomic E-state index is 11.5. The lowest BCUT2D eigenvalue weighted by Crippen LogP contribution is -2.22. The van der Waals surface area contributed by atoms with Gasteiger partial charge in [0.25, 0.3) is 0 Å². The van der Waals surface area contributed by atoms with Gasteiger partial charge in [-0.1, -0.05) is 32.1 Å². The Morgan fingerprint density at radius 1 is 1.38 bits per heavy atom. The molecule has 0 aromatic carbocycles. The minimum Gasteiger partial charge on any atom is -0.303 e. The maximum atomic E-state index is 11.5. The number of carbonyl (C=O) groups is 2. The average Bonchev–Trinajstić information content (AvgIpc) is 1.99. The van der Waals surface area contributed by atoms with Gasteiger partial charge < -0.3 is 4.79 Å². The molecule has 0 N–H and O–H groups in total. The van der Waals surface area contributed by atoms with Gasteiger partial charge in [-0.05, 0) is 13.0 Å². The predicted octanol–water partition coefficient (Wildman–Crippen LogP) is 2.30. The smallest absolute Gasteiger partial charge is 0.161 e. The third-order valence-corrected chi connectivity index (χ3v) is 1.78. The zero-order chi connectivity index (χ0) is 10.5. The van der Waals surface area contributed by atoms with Crippen molar-refractivity contribution in [3.05, 3.63) is 24.3 Å². The first-order chi connectivity index (χ1) is 5.90. The van der Waals surface area contributed by atoms with Gasteiger partial charge in [0, 0.05) is 11.8 Å². The van der Waals surface area contributed by atoms with E-state index >= 15 is 0 Å². The fourth-order valence-electron chi connectivity index (χ4n) is 0.752. The minimum atomic E-state index is -0.590. The highest BCUT2D eigenvalue weighted by Crippen LogP contribution is 2.20. The minimum absolute atomic E-state index is 0.0393. The summed E-state index contributed by atoms with van der Waals surface area (Å²) in [5.74, 6) is -0.0393. The van der Waals surface area contributed by atoms with Crippen molar-refractivity contribution in [1.29, 1.82) is 0 Å². The number of hydrogen-bond acceptors (Lipinski definition) is 2. The number of hydrogen-bond donors (Lipinski definition) is 0. The second kappa shape index (κ2) is 4.75. The van der Waals surface area contributed by atoms with Crippen molar-refractivity contribution in [3.63, 3.8) is 0 Å². The first-order valence-corrected chi connectivity index (χ1v) is 4.22. The van der Waals surface area contributed by atoms with Crippen molar-refractivity contribution in [2.45, 2.75) is 27.2 Å². The summed E-state index contributed by atoms with van der Waals surface area (Å²) in [4.78, 5) is 21.7. The van der Waals surface area contributed by atoms with E-state index in [1.165, 1.54) is 6.08 Å². The Bertz CT molecular complexity index is 247. The molecule has 13 heavy (non-hydrogen) atoms. The molecule has 2 heteroatoms. The summed E-state index contributed by atoms with van der Waals surface area (Å²) in [5, 5.41) is 0. The first kappa shape index (κ1) is 11.8. The SMILES string of the molecule is C=C(C)/C=C/C(=O)C(C)(C)CC=O. The van der Waals surface area contributed by atoms with Crippen LogP contribution in [0.4, 0.5) is 0 Å². The van der Waals surface area contributed by atoms with Crippen molar-refractivity contribution in [1.82, 2.24) is 0 Å². The van der Waals surface area contributed by atoms with Gasteiger partial charge in [-0.2, -0.15) is 0 Å². The van der Waals surface area contributed by atoms with Crippen LogP contribution >= 0.6 is 0 Å². The van der Waals surface area contributed by atoms with Gasteiger partial charge >= 0.3 is 0 Å². The molecule has 0 atom stereocenters. The summed E-state index contributed by atoms with van der Waals surface area (Å²) in [6.45, 7) is 8.98. The van der Waals surface area contributed by atoms with Crippen LogP contribution in [-0.2, 0) is 9.59 Å². The molecular formula is C11H16O2. The van der Waals surface area contributed by atoms with E-state index in [4.69, 9.17) is 0 Å². The molecule has 0 saturated carbocycles. The second-order valence-corrected chi connectivity index (χ2v) is 3.80. The summed E-state index contributed by atoms with van der Waals surface area (Å²) in [7, 11) is 0. The molecule has 0 aromatic rings. The highest BCUT2D eigenvalue weighted by Gasteiger charge is 2.24. The molecule has 0 bridgehead atoms. The molecule has 0 heterocycles. The molecule has 2 nitrogen and oxygen atoms in total. The van der Waals surface area contributed by atoms with Crippen LogP contribution in [0, 0.1) is 5.41 Å². The van der Waals surface area contributed by atoms with Crippen LogP contribution in [0.3, 0.4) is 0 Å². The number of carbonyl (C=O) groups excluding carboxylic acids is 2. The van der Waals surface area contributed by atoms with Gasteiger partial charge in [0.1, 0.15) is 6.29 Å². The van der Waals surface area contributed by atoms with Crippen LogP contribution < -0.4 is 0 Å². The molecule has 0 aliphatic carbocycles. The van der Waals surface area contributed by atoms with Gasteiger partial charge in [0.2, 0.25) is 0 Å². The molecule has 0 amide bonds. The highest BCUT2D eigenvalue weighted by atomic mass is 16.1. The molecule has 0 unspecified atom stereocenters. The predicted molar refractivity (Wildman–Crippen MR) is 53.4 cm³/mol. The molecule has 0 spiro atoms. The summed E-state index contributed by atoms with van der Waals surface area (Å²) in [5.41, 5.74) is 0.239. The first-order valence-electron chi connectivity index (χ1n) is 4.22. The fraction of sp³-hybridized carbons (Fsp3) is 0.455. The van der Waals surface area contributed by atoms with Crippen LogP contribution in [0.5, 0.6) is 0 Å². The van der Waals surface area contributed by atoms with Crippen LogP contribution in [0.25, 0.3) is 0 Å². The van der Waals surface area contributed by atoms with Crippen molar-refractivity contribution in [2.75, 3.05) is 0 Å². The van der Waals surface area contributed by atoms with E-state index in [2.05, 4.69) is 6.58 Å². The third-order valence-electron chi connectivity index (χ3n) is 1.78. The Hall–Kier alpha value is -1.18. The van der Waals surface area contributed by atoms with Gasteiger partial charge in [-0.25, -0.2) is 0 Å². The second-order valence-electron chi connectivity index (χ2n) is 3.80. The molecule has 0 aromatic heterocycles. The summed E-state index contributed by atoms with van der Waals surface area (Å²) >= 11 is 0. The van der Waals surface area contributed by atoms with Crippen LogP contribution in [0.1, 0.15) is 27.2 Å². The quantitative estimate of drug-likeness (QED) is 0.369. The highest BCUT2D eigenvalue weighted by molar-refractivity contribution is 5.95. The largest absolute Gasteiger partial charge is 0.303 e. The van der Waals surface area contributed by atoms with E-state index in [0.29, 0.717) is 0 Å². The molecule has 0 fully saturated rings. The molecule has 0 rings (SSSR count). The van der Waals surface area contributed by atoms with E-state index < -0.39 is 5.41 Å². The summed E-state index contributed by atoms with van der Waals surface area (Å²) in [6.07, 6.45) is 4.17. The molecule has 72 valence electrons. The van der Waals surface area contributed by atoms with Gasteiger partial charge in [-0.15, -0.1) is 0 Å². The molecular weight excluding hydrogens is 164 g/mol. The van der Waals surface area contributed by atoms with Crippen molar-refractivity contribution in [2.24, 2.45) is 5.41 Å². The van der Waals surface area contributed by atoms with E-state index in [0.717, 1.165) is 11.9 Å². The monoisotopic (exact) mass is 180 g/mol. The molecule has 0 aliphatic heterocycles. The standard InChI is InChI=1S/C11H16O2/c1-9(2)5-6-10(13)11(3,4)7-8-12/h5-6,8H,1,7H2,2-4H3/b6-5+. The van der Waals surface area contributed by atoms with Crippen LogP contribution in [0.2, 0.25) is 0 Å². The van der Waals surface area contributed by atoms with Crippen LogP contribution in [-0.4, -0.2) is 12.1 Å². The normalized spacial score (nSPS) is 11.6. The van der Waals surface area contributed by atoms with Gasteiger partial charge in [0.15, 0.2) is 5.78 Å². The topological polar surface area (TPSA) is 34.1 Å². The molecule has 0 saturated heterocycles. The number of allylic oxidation sites excluding steroid dienone is 3. The molecule has 0 radical (unpaired) electrons. The fourth-order valence-corrected chi connectivity index (χ4v) is 0.752. The number of aldehydes is 1. The maximum Gasteiger partial charge on any atom is 0.161 e. The zero-order valence-electron chi connectivity index (χ0n) is 8.46. The summed E-state index contributed by atoms with van der Waals surface area (Å²) < 4.78 is 0. The van der Waals surface area contributed by atoms with Crippen molar-refractivity contribution < 1.29 is 9.59 Å². The third kappa shape index (κ3) is 4.41. The lowest BCUT2D eigenvalue weighted by Gasteiger charge is -2.17. The van der Waals surface area contributed by atoms with Gasteiger partial charge in [0.05, 0.1) is 0 Å². The van der Waals surface area contributed by atoms with Crippen molar-refractivity contribution >= 4 is 12.1 Å². The Morgan fingerprint density at radius 2 is 1.92 bits per heavy atom. The Kier molecular flexibility index (Phi) is 4.32. The van der Waals surface area contributed by atoms with Crippen LogP contribution in [0.15, 0.2) is 24.3 Å². The van der Waals surface area contributed by atoms with Gasteiger partial charge in [-0.3, -0.25) is 4.79 Å². The van der Waals surface area contributed by atoms with E-state index in [1.807, 2.05) is 6.92 Å². The summed E-state index contributed by atoms with van der Waals surface area (Å²) in [6, 6.07) is 0. The van der Waals surface area contributed by atoms with E-state index in [1.54, 1.807) is 19.9 Å². The number of rotatable bonds is 5. The average molecular weight is 180 g/mol.